The summed E-state index contributed by atoms with van der Waals surface area (Å²) in [5.74, 6) is -0.175. The molecule has 0 aliphatic heterocycles. The first-order valence-corrected chi connectivity index (χ1v) is 5.63. The van der Waals surface area contributed by atoms with Gasteiger partial charge in [0.15, 0.2) is 0 Å². The predicted molar refractivity (Wildman–Crippen MR) is 71.5 cm³/mol. The Hall–Kier alpha value is -2.30. The van der Waals surface area contributed by atoms with Crippen molar-refractivity contribution in [3.05, 3.63) is 41.5 Å². The van der Waals surface area contributed by atoms with E-state index in [9.17, 15) is 4.79 Å². The Morgan fingerprint density at radius 3 is 2.44 bits per heavy atom. The number of nitrogens with zero attached hydrogens (tertiary/aromatic N) is 2. The third-order valence-electron chi connectivity index (χ3n) is 2.84. The molecule has 1 aromatic heterocycles. The highest BCUT2D eigenvalue weighted by Crippen LogP contribution is 2.23. The van der Waals surface area contributed by atoms with Crippen LogP contribution in [0.1, 0.15) is 21.6 Å². The molecule has 94 valence electrons. The summed E-state index contributed by atoms with van der Waals surface area (Å²) < 4.78 is 1.68. The number of imidazole rings is 1. The van der Waals surface area contributed by atoms with Crippen molar-refractivity contribution >= 4 is 17.3 Å². The zero-order chi connectivity index (χ0) is 13.3. The van der Waals surface area contributed by atoms with E-state index in [-0.39, 0.29) is 5.91 Å². The lowest BCUT2D eigenvalue weighted by Gasteiger charge is -2.12. The Labute approximate surface area is 106 Å². The summed E-state index contributed by atoms with van der Waals surface area (Å²) in [6.45, 7) is 3.84. The van der Waals surface area contributed by atoms with Gasteiger partial charge in [0.05, 0.1) is 12.5 Å². The van der Waals surface area contributed by atoms with Crippen LogP contribution in [0.2, 0.25) is 0 Å². The third-order valence-corrected chi connectivity index (χ3v) is 2.84. The van der Waals surface area contributed by atoms with Crippen LogP contribution >= 0.6 is 0 Å². The molecular weight excluding hydrogens is 228 g/mol. The summed E-state index contributed by atoms with van der Waals surface area (Å²) in [6.07, 6.45) is 3.13. The molecule has 0 radical (unpaired) electrons. The molecule has 2 rings (SSSR count). The van der Waals surface area contributed by atoms with Gasteiger partial charge in [0.2, 0.25) is 0 Å². The van der Waals surface area contributed by atoms with Crippen LogP contribution in [0.3, 0.4) is 0 Å². The van der Waals surface area contributed by atoms with Crippen molar-refractivity contribution in [1.82, 2.24) is 9.55 Å². The molecule has 1 heterocycles. The summed E-state index contributed by atoms with van der Waals surface area (Å²) in [4.78, 5) is 16.0. The molecular formula is C13H16N4O. The van der Waals surface area contributed by atoms with Gasteiger partial charge in [-0.1, -0.05) is 0 Å². The topological polar surface area (TPSA) is 72.9 Å². The number of hydrogen-bond acceptors (Lipinski definition) is 3. The summed E-state index contributed by atoms with van der Waals surface area (Å²) in [5.41, 5.74) is 9.66. The number of carbonyl (C=O) groups is 1. The van der Waals surface area contributed by atoms with Crippen LogP contribution in [-0.4, -0.2) is 15.5 Å². The molecule has 0 atom stereocenters. The van der Waals surface area contributed by atoms with Gasteiger partial charge >= 0.3 is 0 Å². The van der Waals surface area contributed by atoms with Crippen molar-refractivity contribution in [3.8, 4) is 0 Å². The van der Waals surface area contributed by atoms with E-state index in [4.69, 9.17) is 5.73 Å². The number of aromatic nitrogens is 2. The van der Waals surface area contributed by atoms with Crippen LogP contribution in [0.25, 0.3) is 0 Å². The lowest BCUT2D eigenvalue weighted by molar-refractivity contribution is 0.101. The van der Waals surface area contributed by atoms with Gasteiger partial charge < -0.3 is 15.6 Å². The molecule has 18 heavy (non-hydrogen) atoms. The van der Waals surface area contributed by atoms with Gasteiger partial charge in [-0.05, 0) is 37.1 Å². The number of benzene rings is 1. The second-order valence-electron chi connectivity index (χ2n) is 4.37. The van der Waals surface area contributed by atoms with Crippen LogP contribution in [0.15, 0.2) is 24.7 Å². The second kappa shape index (κ2) is 4.52. The molecule has 2 aromatic rings. The Morgan fingerprint density at radius 2 is 1.94 bits per heavy atom. The summed E-state index contributed by atoms with van der Waals surface area (Å²) in [7, 11) is 1.78. The number of carbonyl (C=O) groups excluding carboxylic acids is 1. The van der Waals surface area contributed by atoms with E-state index in [1.54, 1.807) is 17.9 Å². The molecule has 5 heteroatoms. The van der Waals surface area contributed by atoms with Crippen LogP contribution in [-0.2, 0) is 7.05 Å². The van der Waals surface area contributed by atoms with Gasteiger partial charge in [-0.25, -0.2) is 4.98 Å². The number of anilines is 2. The Kier molecular flexibility index (Phi) is 3.06. The van der Waals surface area contributed by atoms with E-state index in [0.29, 0.717) is 11.4 Å². The van der Waals surface area contributed by atoms with Crippen molar-refractivity contribution < 1.29 is 4.79 Å². The number of nitrogens with one attached hydrogen (secondary N) is 1. The first kappa shape index (κ1) is 12.2. The minimum absolute atomic E-state index is 0.175. The number of nitrogens with two attached hydrogens (primary N) is 1. The molecule has 1 aromatic carbocycles. The van der Waals surface area contributed by atoms with E-state index in [2.05, 4.69) is 10.3 Å². The fourth-order valence-electron chi connectivity index (χ4n) is 1.95. The molecule has 0 bridgehead atoms. The Balaban J connectivity index is 2.31. The molecule has 5 nitrogen and oxygen atoms in total. The van der Waals surface area contributed by atoms with Gasteiger partial charge in [-0.2, -0.15) is 0 Å². The van der Waals surface area contributed by atoms with Gasteiger partial charge in [0.1, 0.15) is 5.69 Å². The van der Waals surface area contributed by atoms with Gasteiger partial charge in [-0.3, -0.25) is 4.79 Å². The number of nitrogen functional groups attached to an aromatic ring is 1. The maximum absolute atomic E-state index is 12.1. The van der Waals surface area contributed by atoms with Crippen molar-refractivity contribution in [1.29, 1.82) is 0 Å². The molecule has 0 aliphatic carbocycles. The van der Waals surface area contributed by atoms with E-state index in [1.165, 1.54) is 6.20 Å². The Morgan fingerprint density at radius 1 is 1.33 bits per heavy atom. The van der Waals surface area contributed by atoms with Crippen LogP contribution < -0.4 is 11.1 Å². The van der Waals surface area contributed by atoms with Crippen molar-refractivity contribution in [2.75, 3.05) is 11.1 Å². The van der Waals surface area contributed by atoms with E-state index in [0.717, 1.165) is 16.8 Å². The maximum Gasteiger partial charge on any atom is 0.273 e. The fourth-order valence-corrected chi connectivity index (χ4v) is 1.95. The SMILES string of the molecule is Cc1cc(N)cc(C)c1NC(=O)c1cncn1C. The highest BCUT2D eigenvalue weighted by Gasteiger charge is 2.12. The normalized spacial score (nSPS) is 10.4. The lowest BCUT2D eigenvalue weighted by Crippen LogP contribution is -2.16. The summed E-state index contributed by atoms with van der Waals surface area (Å²) >= 11 is 0. The fraction of sp³-hybridized carbons (Fsp3) is 0.231. The van der Waals surface area contributed by atoms with Crippen molar-refractivity contribution in [2.24, 2.45) is 7.05 Å². The number of aryl methyl sites for hydroxylation is 3. The average Bonchev–Trinajstić information content (AvgIpc) is 2.69. The molecule has 0 fully saturated rings. The molecule has 0 saturated carbocycles. The largest absolute Gasteiger partial charge is 0.399 e. The number of hydrogen-bond donors (Lipinski definition) is 2. The number of amides is 1. The summed E-state index contributed by atoms with van der Waals surface area (Å²) in [5, 5.41) is 2.89. The molecule has 0 spiro atoms. The maximum atomic E-state index is 12.1. The third kappa shape index (κ3) is 2.20. The monoisotopic (exact) mass is 244 g/mol. The molecule has 3 N–H and O–H groups in total. The van der Waals surface area contributed by atoms with Gasteiger partial charge in [-0.15, -0.1) is 0 Å². The first-order valence-electron chi connectivity index (χ1n) is 5.63. The lowest BCUT2D eigenvalue weighted by atomic mass is 10.1. The minimum atomic E-state index is -0.175. The predicted octanol–water partition coefficient (Wildman–Crippen LogP) is 1.87. The van der Waals surface area contributed by atoms with Gasteiger partial charge in [0.25, 0.3) is 5.91 Å². The number of rotatable bonds is 2. The van der Waals surface area contributed by atoms with E-state index in [1.807, 2.05) is 26.0 Å². The molecule has 1 amide bonds. The summed E-state index contributed by atoms with van der Waals surface area (Å²) in [6, 6.07) is 3.68. The van der Waals surface area contributed by atoms with Crippen molar-refractivity contribution in [2.45, 2.75) is 13.8 Å². The second-order valence-corrected chi connectivity index (χ2v) is 4.37. The highest BCUT2D eigenvalue weighted by molar-refractivity contribution is 6.03. The van der Waals surface area contributed by atoms with Gasteiger partial charge in [0, 0.05) is 18.4 Å². The molecule has 0 saturated heterocycles. The smallest absolute Gasteiger partial charge is 0.273 e. The van der Waals surface area contributed by atoms with Crippen molar-refractivity contribution in [3.63, 3.8) is 0 Å². The van der Waals surface area contributed by atoms with Crippen LogP contribution in [0.4, 0.5) is 11.4 Å². The Bertz CT molecular complexity index is 578. The minimum Gasteiger partial charge on any atom is -0.399 e. The first-order chi connectivity index (χ1) is 8.49. The quantitative estimate of drug-likeness (QED) is 0.792. The molecule has 0 unspecified atom stereocenters. The molecule has 0 aliphatic rings. The van der Waals surface area contributed by atoms with E-state index < -0.39 is 0 Å². The van der Waals surface area contributed by atoms with E-state index >= 15 is 0 Å². The zero-order valence-corrected chi connectivity index (χ0v) is 10.7. The standard InChI is InChI=1S/C13H16N4O/c1-8-4-10(14)5-9(2)12(8)16-13(18)11-6-15-7-17(11)3/h4-7H,14H2,1-3H3,(H,16,18). The van der Waals surface area contributed by atoms with Crippen LogP contribution in [0, 0.1) is 13.8 Å². The van der Waals surface area contributed by atoms with Crippen LogP contribution in [0.5, 0.6) is 0 Å². The average molecular weight is 244 g/mol. The highest BCUT2D eigenvalue weighted by atomic mass is 16.2. The zero-order valence-electron chi connectivity index (χ0n) is 10.7.